The Balaban J connectivity index is 2.19. The minimum absolute atomic E-state index is 0.0229. The summed E-state index contributed by atoms with van der Waals surface area (Å²) >= 11 is 11.9. The van der Waals surface area contributed by atoms with Gasteiger partial charge in [0.2, 0.25) is 0 Å². The lowest BCUT2D eigenvalue weighted by Gasteiger charge is -2.17. The highest BCUT2D eigenvalue weighted by atomic mass is 35.5. The first-order chi connectivity index (χ1) is 8.31. The van der Waals surface area contributed by atoms with Gasteiger partial charge in [0, 0.05) is 5.88 Å². The highest BCUT2D eigenvalue weighted by molar-refractivity contribution is 6.32. The van der Waals surface area contributed by atoms with Gasteiger partial charge in [-0.3, -0.25) is 0 Å². The second-order valence-electron chi connectivity index (χ2n) is 3.48. The molecule has 0 aliphatic heterocycles. The van der Waals surface area contributed by atoms with Gasteiger partial charge in [0.05, 0.1) is 12.2 Å². The van der Waals surface area contributed by atoms with Crippen molar-refractivity contribution < 1.29 is 0 Å². The van der Waals surface area contributed by atoms with Crippen LogP contribution >= 0.6 is 23.2 Å². The summed E-state index contributed by atoms with van der Waals surface area (Å²) in [5, 5.41) is 3.68. The van der Waals surface area contributed by atoms with Crippen molar-refractivity contribution in [2.24, 2.45) is 0 Å². The molecule has 3 nitrogen and oxygen atoms in total. The average Bonchev–Trinajstić information content (AvgIpc) is 2.39. The van der Waals surface area contributed by atoms with Crippen LogP contribution in [0.15, 0.2) is 42.9 Å². The number of hydrogen-bond acceptors (Lipinski definition) is 3. The summed E-state index contributed by atoms with van der Waals surface area (Å²) in [5.74, 6) is 1.03. The molecule has 0 fully saturated rings. The van der Waals surface area contributed by atoms with E-state index in [1.165, 1.54) is 6.33 Å². The van der Waals surface area contributed by atoms with Crippen LogP contribution in [-0.2, 0) is 0 Å². The third-order valence-corrected chi connectivity index (χ3v) is 2.92. The van der Waals surface area contributed by atoms with Crippen molar-refractivity contribution >= 4 is 29.0 Å². The smallest absolute Gasteiger partial charge is 0.148 e. The lowest BCUT2D eigenvalue weighted by molar-refractivity contribution is 0.880. The van der Waals surface area contributed by atoms with E-state index in [9.17, 15) is 0 Å². The van der Waals surface area contributed by atoms with Gasteiger partial charge in [0.25, 0.3) is 0 Å². The number of nitrogens with one attached hydrogen (secondary N) is 1. The van der Waals surface area contributed by atoms with Gasteiger partial charge < -0.3 is 5.32 Å². The average molecular weight is 268 g/mol. The van der Waals surface area contributed by atoms with E-state index in [1.54, 1.807) is 6.20 Å². The zero-order chi connectivity index (χ0) is 12.1. The number of alkyl halides is 1. The van der Waals surface area contributed by atoms with E-state index in [1.807, 2.05) is 30.3 Å². The summed E-state index contributed by atoms with van der Waals surface area (Å²) in [6.45, 7) is 0. The first-order valence-electron chi connectivity index (χ1n) is 5.14. The van der Waals surface area contributed by atoms with Crippen LogP contribution < -0.4 is 5.32 Å². The maximum atomic E-state index is 5.98. The monoisotopic (exact) mass is 267 g/mol. The van der Waals surface area contributed by atoms with E-state index in [4.69, 9.17) is 23.2 Å². The van der Waals surface area contributed by atoms with Gasteiger partial charge in [-0.25, -0.2) is 9.97 Å². The van der Waals surface area contributed by atoms with E-state index in [-0.39, 0.29) is 6.04 Å². The largest absolute Gasteiger partial charge is 0.361 e. The number of rotatable bonds is 4. The van der Waals surface area contributed by atoms with Crippen molar-refractivity contribution in [1.82, 2.24) is 9.97 Å². The molecule has 0 radical (unpaired) electrons. The zero-order valence-corrected chi connectivity index (χ0v) is 10.5. The number of halogens is 2. The molecule has 2 aromatic rings. The maximum absolute atomic E-state index is 5.98. The third-order valence-electron chi connectivity index (χ3n) is 2.33. The lowest BCUT2D eigenvalue weighted by Crippen LogP contribution is -2.13. The Bertz CT molecular complexity index is 476. The number of anilines is 1. The van der Waals surface area contributed by atoms with Gasteiger partial charge in [-0.2, -0.15) is 0 Å². The molecule has 0 saturated carbocycles. The quantitative estimate of drug-likeness (QED) is 0.862. The number of hydrogen-bond donors (Lipinski definition) is 1. The molecule has 0 spiro atoms. The highest BCUT2D eigenvalue weighted by Gasteiger charge is 2.11. The Morgan fingerprint density at radius 1 is 1.24 bits per heavy atom. The molecular weight excluding hydrogens is 257 g/mol. The predicted molar refractivity (Wildman–Crippen MR) is 70.6 cm³/mol. The van der Waals surface area contributed by atoms with Gasteiger partial charge in [-0.05, 0) is 5.56 Å². The van der Waals surface area contributed by atoms with Crippen LogP contribution in [0.1, 0.15) is 11.6 Å². The minimum atomic E-state index is -0.0229. The predicted octanol–water partition coefficient (Wildman–Crippen LogP) is 3.52. The lowest BCUT2D eigenvalue weighted by atomic mass is 10.1. The normalized spacial score (nSPS) is 12.1. The van der Waals surface area contributed by atoms with Gasteiger partial charge in [-0.1, -0.05) is 41.9 Å². The van der Waals surface area contributed by atoms with Gasteiger partial charge in [0.1, 0.15) is 17.2 Å². The molecule has 0 amide bonds. The van der Waals surface area contributed by atoms with Crippen molar-refractivity contribution in [3.8, 4) is 0 Å². The SMILES string of the molecule is ClCC(Nc1ncncc1Cl)c1ccccc1. The Hall–Kier alpha value is -1.32. The van der Waals surface area contributed by atoms with Gasteiger partial charge in [0.15, 0.2) is 0 Å². The summed E-state index contributed by atoms with van der Waals surface area (Å²) < 4.78 is 0. The fourth-order valence-electron chi connectivity index (χ4n) is 1.48. The van der Waals surface area contributed by atoms with Crippen LogP contribution in [0.4, 0.5) is 5.82 Å². The first kappa shape index (κ1) is 12.1. The Morgan fingerprint density at radius 2 is 2.00 bits per heavy atom. The Labute approximate surface area is 110 Å². The zero-order valence-electron chi connectivity index (χ0n) is 8.98. The topological polar surface area (TPSA) is 37.8 Å². The van der Waals surface area contributed by atoms with E-state index >= 15 is 0 Å². The van der Waals surface area contributed by atoms with Gasteiger partial charge >= 0.3 is 0 Å². The van der Waals surface area contributed by atoms with Crippen LogP contribution in [0.5, 0.6) is 0 Å². The van der Waals surface area contributed by atoms with Crippen molar-refractivity contribution in [1.29, 1.82) is 0 Å². The summed E-state index contributed by atoms with van der Waals surface area (Å²) in [5.41, 5.74) is 1.09. The molecule has 0 aliphatic rings. The Kier molecular flexibility index (Phi) is 4.18. The number of benzene rings is 1. The molecular formula is C12H11Cl2N3. The van der Waals surface area contributed by atoms with Gasteiger partial charge in [-0.15, -0.1) is 11.6 Å². The van der Waals surface area contributed by atoms with E-state index in [2.05, 4.69) is 15.3 Å². The highest BCUT2D eigenvalue weighted by Crippen LogP contribution is 2.23. The minimum Gasteiger partial charge on any atom is -0.361 e. The molecule has 88 valence electrons. The molecule has 1 aromatic carbocycles. The van der Waals surface area contributed by atoms with Crippen molar-refractivity contribution in [2.45, 2.75) is 6.04 Å². The van der Waals surface area contributed by atoms with Crippen LogP contribution in [0.25, 0.3) is 0 Å². The van der Waals surface area contributed by atoms with Crippen LogP contribution in [-0.4, -0.2) is 15.8 Å². The third kappa shape index (κ3) is 3.08. The molecule has 17 heavy (non-hydrogen) atoms. The molecule has 1 unspecified atom stereocenters. The van der Waals surface area contributed by atoms with E-state index < -0.39 is 0 Å². The standard InChI is InChI=1S/C12H11Cl2N3/c13-6-11(9-4-2-1-3-5-9)17-12-10(14)7-15-8-16-12/h1-5,7-8,11H,6H2,(H,15,16,17). The molecule has 0 bridgehead atoms. The van der Waals surface area contributed by atoms with Crippen LogP contribution in [0, 0.1) is 0 Å². The summed E-state index contributed by atoms with van der Waals surface area (Å²) in [4.78, 5) is 7.91. The van der Waals surface area contributed by atoms with E-state index in [0.717, 1.165) is 5.56 Å². The second-order valence-corrected chi connectivity index (χ2v) is 4.20. The first-order valence-corrected chi connectivity index (χ1v) is 6.05. The van der Waals surface area contributed by atoms with Crippen LogP contribution in [0.2, 0.25) is 5.02 Å². The maximum Gasteiger partial charge on any atom is 0.148 e. The molecule has 1 aromatic heterocycles. The summed E-state index contributed by atoms with van der Waals surface area (Å²) in [6, 6.07) is 9.90. The molecule has 1 atom stereocenters. The molecule has 0 saturated heterocycles. The van der Waals surface area contributed by atoms with Crippen molar-refractivity contribution in [3.05, 3.63) is 53.4 Å². The summed E-state index contributed by atoms with van der Waals surface area (Å²) in [6.07, 6.45) is 3.00. The molecule has 1 N–H and O–H groups in total. The van der Waals surface area contributed by atoms with Crippen LogP contribution in [0.3, 0.4) is 0 Å². The Morgan fingerprint density at radius 3 is 2.65 bits per heavy atom. The molecule has 5 heteroatoms. The van der Waals surface area contributed by atoms with Crippen molar-refractivity contribution in [3.63, 3.8) is 0 Å². The van der Waals surface area contributed by atoms with Crippen molar-refractivity contribution in [2.75, 3.05) is 11.2 Å². The molecule has 0 aliphatic carbocycles. The molecule has 2 rings (SSSR count). The summed E-state index contributed by atoms with van der Waals surface area (Å²) in [7, 11) is 0. The number of nitrogens with zero attached hydrogens (tertiary/aromatic N) is 2. The second kappa shape index (κ2) is 5.84. The molecule has 1 heterocycles. The van der Waals surface area contributed by atoms with E-state index in [0.29, 0.717) is 16.7 Å². The number of aromatic nitrogens is 2. The fourth-order valence-corrected chi connectivity index (χ4v) is 1.90. The fraction of sp³-hybridized carbons (Fsp3) is 0.167.